The number of carbonyl (C=O) groups is 5. The van der Waals surface area contributed by atoms with E-state index in [1.54, 1.807) is 20.8 Å². The van der Waals surface area contributed by atoms with Crippen LogP contribution in [-0.2, 0) is 49.0 Å². The van der Waals surface area contributed by atoms with E-state index >= 15 is 8.78 Å². The van der Waals surface area contributed by atoms with E-state index in [1.165, 1.54) is 69.5 Å². The number of nitrogens with one attached hydrogen (secondary N) is 2. The van der Waals surface area contributed by atoms with Gasteiger partial charge in [-0.15, -0.1) is 0 Å². The summed E-state index contributed by atoms with van der Waals surface area (Å²) in [6.07, 6.45) is -14.1. The summed E-state index contributed by atoms with van der Waals surface area (Å²) in [7, 11) is 1.32. The van der Waals surface area contributed by atoms with Gasteiger partial charge >= 0.3 is 24.4 Å². The van der Waals surface area contributed by atoms with Gasteiger partial charge in [-0.25, -0.2) is 4.79 Å². The molecule has 9 nitrogen and oxygen atoms in total. The molecule has 3 rings (SSSR count). The van der Waals surface area contributed by atoms with Crippen molar-refractivity contribution < 1.29 is 68.6 Å². The number of rotatable bonds is 17. The minimum Gasteiger partial charge on any atom is -0.497 e. The Balaban J connectivity index is 2.03. The first-order chi connectivity index (χ1) is 26.7. The van der Waals surface area contributed by atoms with Gasteiger partial charge in [0.15, 0.2) is 5.78 Å². The van der Waals surface area contributed by atoms with Crippen molar-refractivity contribution in [3.63, 3.8) is 0 Å². The zero-order valence-corrected chi connectivity index (χ0v) is 32.4. The molecule has 3 atom stereocenters. The standard InChI is InChI=1S/C41H44F8N2O7/c1-23(2)29(35(54)41(47,48)49)21-32(52)34(26-15-17-28(57-6)18-16-26)51-36(55)27(19-24-11-13-25(14-12-24)22-50-37(56)58-38(3,4)5)20-33(53)39(42,43)30-9-7-8-10-31(30)40(44,45)46/h7-18,23,27,29,34H,19-22H2,1-6H3,(H,50,56)(H,51,55)/t27-,29+,34+/m1/s1. The van der Waals surface area contributed by atoms with Crippen LogP contribution in [0.1, 0.15) is 81.3 Å². The van der Waals surface area contributed by atoms with Crippen molar-refractivity contribution in [3.8, 4) is 5.75 Å². The average Bonchev–Trinajstić information content (AvgIpc) is 3.13. The number of alkyl halides is 8. The Labute approximate surface area is 329 Å². The van der Waals surface area contributed by atoms with Gasteiger partial charge in [0.2, 0.25) is 17.5 Å². The lowest BCUT2D eigenvalue weighted by atomic mass is 9.83. The first kappa shape index (κ1) is 47.0. The molecule has 316 valence electrons. The van der Waals surface area contributed by atoms with Gasteiger partial charge in [-0.3, -0.25) is 19.2 Å². The molecular weight excluding hydrogens is 784 g/mol. The summed E-state index contributed by atoms with van der Waals surface area (Å²) in [6.45, 7) is 7.56. The van der Waals surface area contributed by atoms with E-state index in [4.69, 9.17) is 9.47 Å². The highest BCUT2D eigenvalue weighted by Crippen LogP contribution is 2.41. The van der Waals surface area contributed by atoms with E-state index in [2.05, 4.69) is 10.6 Å². The predicted octanol–water partition coefficient (Wildman–Crippen LogP) is 8.87. The Morgan fingerprint density at radius 1 is 0.724 bits per heavy atom. The minimum atomic E-state index is -5.29. The van der Waals surface area contributed by atoms with E-state index in [1.807, 2.05) is 0 Å². The summed E-state index contributed by atoms with van der Waals surface area (Å²) in [5.41, 5.74) is -3.41. The van der Waals surface area contributed by atoms with E-state index < -0.39 is 107 Å². The van der Waals surface area contributed by atoms with Gasteiger partial charge in [0.1, 0.15) is 17.4 Å². The first-order valence-corrected chi connectivity index (χ1v) is 17.9. The topological polar surface area (TPSA) is 128 Å². The molecule has 0 unspecified atom stereocenters. The number of methoxy groups -OCH3 is 1. The number of Topliss-reactive ketones (excluding diaryl/α,β-unsaturated/α-hetero) is 3. The highest BCUT2D eigenvalue weighted by atomic mass is 19.4. The number of alkyl carbamates (subject to hydrolysis) is 1. The van der Waals surface area contributed by atoms with Gasteiger partial charge in [0.25, 0.3) is 0 Å². The second-order valence-corrected chi connectivity index (χ2v) is 14.9. The van der Waals surface area contributed by atoms with Crippen LogP contribution in [0, 0.1) is 17.8 Å². The molecule has 0 saturated carbocycles. The van der Waals surface area contributed by atoms with Gasteiger partial charge in [-0.05, 0) is 68.0 Å². The van der Waals surface area contributed by atoms with Crippen molar-refractivity contribution in [1.82, 2.24) is 10.6 Å². The Morgan fingerprint density at radius 3 is 1.78 bits per heavy atom. The van der Waals surface area contributed by atoms with Crippen LogP contribution in [0.2, 0.25) is 0 Å². The molecule has 3 aromatic carbocycles. The highest BCUT2D eigenvalue weighted by Gasteiger charge is 2.49. The number of carbonyl (C=O) groups excluding carboxylic acids is 5. The molecule has 0 fully saturated rings. The molecule has 0 spiro atoms. The smallest absolute Gasteiger partial charge is 0.450 e. The normalized spacial score (nSPS) is 13.9. The van der Waals surface area contributed by atoms with Gasteiger partial charge in [0, 0.05) is 36.8 Å². The molecule has 3 aromatic rings. The molecule has 17 heteroatoms. The number of ether oxygens (including phenoxy) is 2. The molecule has 2 N–H and O–H groups in total. The van der Waals surface area contributed by atoms with E-state index in [0.29, 0.717) is 17.7 Å². The Kier molecular flexibility index (Phi) is 15.4. The zero-order chi connectivity index (χ0) is 43.8. The van der Waals surface area contributed by atoms with Gasteiger partial charge < -0.3 is 20.1 Å². The van der Waals surface area contributed by atoms with Crippen molar-refractivity contribution in [2.75, 3.05) is 7.11 Å². The van der Waals surface area contributed by atoms with Crippen LogP contribution in [0.5, 0.6) is 5.75 Å². The number of halogens is 8. The number of amides is 2. The van der Waals surface area contributed by atoms with Gasteiger partial charge in [0.05, 0.1) is 12.7 Å². The molecule has 0 aliphatic rings. The summed E-state index contributed by atoms with van der Waals surface area (Å²) in [5.74, 6) is -15.6. The van der Waals surface area contributed by atoms with E-state index in [-0.39, 0.29) is 23.4 Å². The molecule has 0 aromatic heterocycles. The molecular formula is C41H44F8N2O7. The second-order valence-electron chi connectivity index (χ2n) is 14.9. The summed E-state index contributed by atoms with van der Waals surface area (Å²) >= 11 is 0. The molecule has 0 bridgehead atoms. The second kappa shape index (κ2) is 18.9. The van der Waals surface area contributed by atoms with Crippen molar-refractivity contribution in [2.45, 2.75) is 90.3 Å². The van der Waals surface area contributed by atoms with E-state index in [9.17, 15) is 50.3 Å². The van der Waals surface area contributed by atoms with Gasteiger partial charge in [-0.1, -0.05) is 68.4 Å². The van der Waals surface area contributed by atoms with Crippen LogP contribution in [0.25, 0.3) is 0 Å². The van der Waals surface area contributed by atoms with Gasteiger partial charge in [-0.2, -0.15) is 35.1 Å². The van der Waals surface area contributed by atoms with Crippen LogP contribution in [-0.4, -0.2) is 48.2 Å². The molecule has 0 saturated heterocycles. The highest BCUT2D eigenvalue weighted by molar-refractivity contribution is 5.97. The molecule has 0 heterocycles. The summed E-state index contributed by atoms with van der Waals surface area (Å²) in [4.78, 5) is 65.6. The largest absolute Gasteiger partial charge is 0.497 e. The lowest BCUT2D eigenvalue weighted by Crippen LogP contribution is -2.42. The lowest BCUT2D eigenvalue weighted by Gasteiger charge is -2.26. The lowest BCUT2D eigenvalue weighted by molar-refractivity contribution is -0.177. The maximum absolute atomic E-state index is 15.7. The maximum atomic E-state index is 15.7. The van der Waals surface area contributed by atoms with Crippen LogP contribution in [0.4, 0.5) is 39.9 Å². The fourth-order valence-electron chi connectivity index (χ4n) is 5.91. The Bertz CT molecular complexity index is 1920. The molecule has 58 heavy (non-hydrogen) atoms. The van der Waals surface area contributed by atoms with E-state index in [0.717, 1.165) is 12.1 Å². The molecule has 0 aliphatic heterocycles. The predicted molar refractivity (Wildman–Crippen MR) is 195 cm³/mol. The van der Waals surface area contributed by atoms with Crippen molar-refractivity contribution >= 4 is 29.4 Å². The van der Waals surface area contributed by atoms with Crippen molar-refractivity contribution in [1.29, 1.82) is 0 Å². The minimum absolute atomic E-state index is 0.00235. The Hall–Kier alpha value is -5.35. The number of benzene rings is 3. The molecule has 0 aliphatic carbocycles. The van der Waals surface area contributed by atoms with Crippen LogP contribution in [0.15, 0.2) is 72.8 Å². The van der Waals surface area contributed by atoms with Crippen molar-refractivity contribution in [2.24, 2.45) is 17.8 Å². The first-order valence-electron chi connectivity index (χ1n) is 17.9. The number of ketones is 3. The van der Waals surface area contributed by atoms with Crippen LogP contribution in [0.3, 0.4) is 0 Å². The summed E-state index contributed by atoms with van der Waals surface area (Å²) in [6, 6.07) is 12.0. The average molecular weight is 829 g/mol. The third-order valence-electron chi connectivity index (χ3n) is 8.96. The fourth-order valence-corrected chi connectivity index (χ4v) is 5.91. The Morgan fingerprint density at radius 2 is 1.28 bits per heavy atom. The van der Waals surface area contributed by atoms with Crippen LogP contribution < -0.4 is 15.4 Å². The molecule has 0 radical (unpaired) electrons. The number of hydrogen-bond donors (Lipinski definition) is 2. The maximum Gasteiger partial charge on any atom is 0.450 e. The molecule has 2 amide bonds. The zero-order valence-electron chi connectivity index (χ0n) is 32.4. The summed E-state index contributed by atoms with van der Waals surface area (Å²) in [5, 5.41) is 4.89. The fraction of sp³-hybridized carbons (Fsp3) is 0.439. The third kappa shape index (κ3) is 13.1. The quantitative estimate of drug-likeness (QED) is 0.130. The monoisotopic (exact) mass is 828 g/mol. The summed E-state index contributed by atoms with van der Waals surface area (Å²) < 4.78 is 123. The number of hydrogen-bond acceptors (Lipinski definition) is 7. The van der Waals surface area contributed by atoms with Crippen LogP contribution >= 0.6 is 0 Å². The SMILES string of the molecule is COc1ccc([C@H](NC(=O)[C@@H](CC(=O)C(F)(F)c2ccccc2C(F)(F)F)Cc2ccc(CNC(=O)OC(C)(C)C)cc2)C(=O)C[C@H](C(=O)C(F)(F)F)C(C)C)cc1. The van der Waals surface area contributed by atoms with Crippen molar-refractivity contribution in [3.05, 3.63) is 101 Å². The third-order valence-corrected chi connectivity index (χ3v) is 8.96.